The maximum Gasteiger partial charge on any atom is 0.0480 e. The van der Waals surface area contributed by atoms with Gasteiger partial charge in [0.1, 0.15) is 0 Å². The fraction of sp³-hybridized carbons (Fsp3) is 0.625. The molecule has 0 heterocycles. The zero-order valence-electron chi connectivity index (χ0n) is 7.18. The van der Waals surface area contributed by atoms with E-state index in [1.54, 1.807) is 7.05 Å². The van der Waals surface area contributed by atoms with E-state index in [0.717, 1.165) is 5.70 Å². The van der Waals surface area contributed by atoms with Crippen LogP contribution in [0.15, 0.2) is 16.8 Å². The Hall–Kier alpha value is -0.790. The predicted molar refractivity (Wildman–Crippen MR) is 46.4 cm³/mol. The van der Waals surface area contributed by atoms with Gasteiger partial charge in [-0.15, -0.1) is 0 Å². The zero-order chi connectivity index (χ0) is 7.98. The maximum absolute atomic E-state index is 3.90. The third kappa shape index (κ3) is 4.13. The van der Waals surface area contributed by atoms with E-state index in [9.17, 15) is 0 Å². The molecule has 0 aliphatic carbocycles. The lowest BCUT2D eigenvalue weighted by molar-refractivity contribution is 0.688. The van der Waals surface area contributed by atoms with Gasteiger partial charge in [-0.2, -0.15) is 0 Å². The second-order valence-electron chi connectivity index (χ2n) is 2.43. The topological polar surface area (TPSA) is 24.4 Å². The highest BCUT2D eigenvalue weighted by Gasteiger charge is 1.91. The van der Waals surface area contributed by atoms with Crippen LogP contribution in [0.1, 0.15) is 20.8 Å². The number of hydrogen-bond acceptors (Lipinski definition) is 2. The Morgan fingerprint density at radius 1 is 1.50 bits per heavy atom. The number of rotatable bonds is 3. The highest BCUT2D eigenvalue weighted by Crippen LogP contribution is 1.87. The minimum Gasteiger partial charge on any atom is -0.382 e. The van der Waals surface area contributed by atoms with Crippen LogP contribution in [0.5, 0.6) is 0 Å². The number of nitrogens with zero attached hydrogens (tertiary/aromatic N) is 1. The van der Waals surface area contributed by atoms with Gasteiger partial charge in [0.25, 0.3) is 0 Å². The number of aliphatic imine (C=N–C) groups is 1. The van der Waals surface area contributed by atoms with Crippen LogP contribution in [0.3, 0.4) is 0 Å². The molecule has 1 N–H and O–H groups in total. The van der Waals surface area contributed by atoms with Crippen molar-refractivity contribution in [2.75, 3.05) is 7.05 Å². The molecule has 0 saturated heterocycles. The summed E-state index contributed by atoms with van der Waals surface area (Å²) in [7, 11) is 1.77. The molecule has 0 aromatic heterocycles. The Morgan fingerprint density at radius 2 is 2.10 bits per heavy atom. The van der Waals surface area contributed by atoms with Crippen LogP contribution in [-0.2, 0) is 0 Å². The van der Waals surface area contributed by atoms with E-state index < -0.39 is 0 Å². The van der Waals surface area contributed by atoms with Crippen molar-refractivity contribution in [2.24, 2.45) is 4.99 Å². The molecule has 0 atom stereocenters. The van der Waals surface area contributed by atoms with Gasteiger partial charge in [0.15, 0.2) is 0 Å². The van der Waals surface area contributed by atoms with Crippen LogP contribution in [0.2, 0.25) is 0 Å². The minimum atomic E-state index is 0.476. The van der Waals surface area contributed by atoms with Crippen LogP contribution >= 0.6 is 0 Å². The largest absolute Gasteiger partial charge is 0.382 e. The Kier molecular flexibility index (Phi) is 4.63. The van der Waals surface area contributed by atoms with E-state index in [2.05, 4.69) is 24.2 Å². The van der Waals surface area contributed by atoms with Crippen LogP contribution in [0, 0.1) is 0 Å². The molecule has 0 saturated carbocycles. The SMILES string of the molecule is C/C=C(\C=NC)NC(C)C. The van der Waals surface area contributed by atoms with Gasteiger partial charge in [0.2, 0.25) is 0 Å². The van der Waals surface area contributed by atoms with Crippen molar-refractivity contribution in [1.82, 2.24) is 5.32 Å². The first kappa shape index (κ1) is 9.21. The minimum absolute atomic E-state index is 0.476. The first-order chi connectivity index (χ1) is 4.70. The molecule has 0 bridgehead atoms. The Morgan fingerprint density at radius 3 is 2.40 bits per heavy atom. The summed E-state index contributed by atoms with van der Waals surface area (Å²) in [5.74, 6) is 0. The normalized spacial score (nSPS) is 13.1. The van der Waals surface area contributed by atoms with Crippen LogP contribution in [-0.4, -0.2) is 19.3 Å². The first-order valence-electron chi connectivity index (χ1n) is 3.55. The summed E-state index contributed by atoms with van der Waals surface area (Å²) in [5, 5.41) is 3.24. The molecule has 0 unspecified atom stereocenters. The molecule has 2 nitrogen and oxygen atoms in total. The van der Waals surface area contributed by atoms with Crippen molar-refractivity contribution in [1.29, 1.82) is 0 Å². The molecular formula is C8H16N2. The molecule has 0 rings (SSSR count). The van der Waals surface area contributed by atoms with Gasteiger partial charge in [-0.25, -0.2) is 0 Å². The highest BCUT2D eigenvalue weighted by molar-refractivity contribution is 5.77. The molecule has 0 aromatic rings. The van der Waals surface area contributed by atoms with Gasteiger partial charge >= 0.3 is 0 Å². The standard InChI is InChI=1S/C8H16N2/c1-5-8(6-9-4)10-7(2)3/h5-7,10H,1-4H3/b8-5+,9-6?. The zero-order valence-corrected chi connectivity index (χ0v) is 7.18. The van der Waals surface area contributed by atoms with E-state index in [4.69, 9.17) is 0 Å². The monoisotopic (exact) mass is 140 g/mol. The van der Waals surface area contributed by atoms with Crippen molar-refractivity contribution < 1.29 is 0 Å². The van der Waals surface area contributed by atoms with E-state index in [0.29, 0.717) is 6.04 Å². The maximum atomic E-state index is 3.90. The lowest BCUT2D eigenvalue weighted by Crippen LogP contribution is -2.22. The lowest BCUT2D eigenvalue weighted by atomic mass is 10.3. The van der Waals surface area contributed by atoms with Crippen LogP contribution in [0.4, 0.5) is 0 Å². The fourth-order valence-electron chi connectivity index (χ4n) is 0.668. The molecule has 0 aromatic carbocycles. The van der Waals surface area contributed by atoms with E-state index in [-0.39, 0.29) is 0 Å². The van der Waals surface area contributed by atoms with Gasteiger partial charge in [0.05, 0.1) is 0 Å². The predicted octanol–water partition coefficient (Wildman–Crippen LogP) is 1.59. The Balaban J connectivity index is 3.86. The summed E-state index contributed by atoms with van der Waals surface area (Å²) in [5.41, 5.74) is 1.08. The summed E-state index contributed by atoms with van der Waals surface area (Å²) in [6, 6.07) is 0.476. The summed E-state index contributed by atoms with van der Waals surface area (Å²) < 4.78 is 0. The highest BCUT2D eigenvalue weighted by atomic mass is 14.9. The van der Waals surface area contributed by atoms with Gasteiger partial charge in [-0.1, -0.05) is 6.08 Å². The average Bonchev–Trinajstić information content (AvgIpc) is 1.86. The molecule has 58 valence electrons. The van der Waals surface area contributed by atoms with Crippen molar-refractivity contribution in [3.05, 3.63) is 11.8 Å². The Bertz CT molecular complexity index is 134. The van der Waals surface area contributed by atoms with E-state index >= 15 is 0 Å². The van der Waals surface area contributed by atoms with Crippen molar-refractivity contribution in [3.8, 4) is 0 Å². The quantitative estimate of drug-likeness (QED) is 0.591. The van der Waals surface area contributed by atoms with Crippen molar-refractivity contribution in [3.63, 3.8) is 0 Å². The number of nitrogens with one attached hydrogen (secondary N) is 1. The fourth-order valence-corrected chi connectivity index (χ4v) is 0.668. The van der Waals surface area contributed by atoms with Gasteiger partial charge < -0.3 is 5.32 Å². The van der Waals surface area contributed by atoms with Crippen molar-refractivity contribution in [2.45, 2.75) is 26.8 Å². The van der Waals surface area contributed by atoms with Gasteiger partial charge in [-0.05, 0) is 20.8 Å². The smallest absolute Gasteiger partial charge is 0.0480 e. The van der Waals surface area contributed by atoms with Crippen molar-refractivity contribution >= 4 is 6.21 Å². The molecule has 0 amide bonds. The molecule has 0 radical (unpaired) electrons. The second kappa shape index (κ2) is 5.03. The average molecular weight is 140 g/mol. The molecule has 0 aliphatic heterocycles. The summed E-state index contributed by atoms with van der Waals surface area (Å²) in [6.07, 6.45) is 3.83. The van der Waals surface area contributed by atoms with E-state index in [1.165, 1.54) is 0 Å². The van der Waals surface area contributed by atoms with Gasteiger partial charge in [0, 0.05) is 25.0 Å². The summed E-state index contributed by atoms with van der Waals surface area (Å²) >= 11 is 0. The third-order valence-electron chi connectivity index (χ3n) is 1.03. The summed E-state index contributed by atoms with van der Waals surface area (Å²) in [4.78, 5) is 3.90. The molecule has 2 heteroatoms. The van der Waals surface area contributed by atoms with Gasteiger partial charge in [-0.3, -0.25) is 4.99 Å². The number of hydrogen-bond donors (Lipinski definition) is 1. The van der Waals surface area contributed by atoms with E-state index in [1.807, 2.05) is 19.2 Å². The molecule has 0 aliphatic rings. The number of allylic oxidation sites excluding steroid dienone is 2. The second-order valence-corrected chi connectivity index (χ2v) is 2.43. The lowest BCUT2D eigenvalue weighted by Gasteiger charge is -2.08. The van der Waals surface area contributed by atoms with Crippen LogP contribution in [0.25, 0.3) is 0 Å². The summed E-state index contributed by atoms with van der Waals surface area (Å²) in [6.45, 7) is 6.20. The third-order valence-corrected chi connectivity index (χ3v) is 1.03. The van der Waals surface area contributed by atoms with Crippen LogP contribution < -0.4 is 5.32 Å². The molecule has 0 spiro atoms. The molecule has 0 fully saturated rings. The molecular weight excluding hydrogens is 124 g/mol. The molecule has 10 heavy (non-hydrogen) atoms. The Labute approximate surface area is 63.0 Å². The first-order valence-corrected chi connectivity index (χ1v) is 3.55.